The maximum Gasteiger partial charge on any atom is 0.270 e. The van der Waals surface area contributed by atoms with Crippen molar-refractivity contribution in [2.75, 3.05) is 6.26 Å². The maximum atomic E-state index is 11.0. The molecule has 0 aliphatic rings. The molecule has 1 rings (SSSR count). The van der Waals surface area contributed by atoms with Crippen LogP contribution in [0.2, 0.25) is 0 Å². The van der Waals surface area contributed by atoms with Crippen LogP contribution in [0.1, 0.15) is 5.56 Å². The van der Waals surface area contributed by atoms with Gasteiger partial charge in [0.2, 0.25) is 9.84 Å². The summed E-state index contributed by atoms with van der Waals surface area (Å²) in [5.41, 5.74) is 0.844. The highest BCUT2D eigenvalue weighted by Gasteiger charge is 2.13. The van der Waals surface area contributed by atoms with Crippen LogP contribution in [0.4, 0.5) is 0 Å². The molecule has 0 aliphatic carbocycles. The van der Waals surface area contributed by atoms with Crippen LogP contribution < -0.4 is 0 Å². The van der Waals surface area contributed by atoms with Gasteiger partial charge in [0.15, 0.2) is 0 Å². The van der Waals surface area contributed by atoms with Gasteiger partial charge in [0, 0.05) is 6.26 Å². The van der Waals surface area contributed by atoms with E-state index >= 15 is 0 Å². The molecule has 16 heavy (non-hydrogen) atoms. The molecule has 6 heteroatoms. The topological polar surface area (TPSA) is 79.5 Å². The summed E-state index contributed by atoms with van der Waals surface area (Å²) in [5, 5.41) is 11.2. The van der Waals surface area contributed by atoms with Crippen LogP contribution >= 0.6 is 0 Å². The Morgan fingerprint density at radius 3 is 2.56 bits per heavy atom. The van der Waals surface area contributed by atoms with Crippen molar-refractivity contribution < 1.29 is 13.3 Å². The minimum Gasteiger partial charge on any atom is -0.389 e. The molecule has 0 heterocycles. The Bertz CT molecular complexity index is 515. The zero-order chi connectivity index (χ0) is 12.0. The number of benzene rings is 1. The van der Waals surface area contributed by atoms with E-state index in [0.29, 0.717) is 0 Å². The molecular formula is C10H10N2O3S. The van der Waals surface area contributed by atoms with Crippen LogP contribution in [0.5, 0.6) is 0 Å². The molecule has 84 valence electrons. The molecule has 0 bridgehead atoms. The van der Waals surface area contributed by atoms with Crippen LogP contribution in [0.3, 0.4) is 0 Å². The van der Waals surface area contributed by atoms with Crippen molar-refractivity contribution in [1.82, 2.24) is 0 Å². The summed E-state index contributed by atoms with van der Waals surface area (Å²) in [6.07, 6.45) is 0.904. The minimum atomic E-state index is -3.61. The van der Waals surface area contributed by atoms with Crippen LogP contribution in [0.25, 0.3) is 0 Å². The van der Waals surface area contributed by atoms with Gasteiger partial charge in [-0.2, -0.15) is 5.26 Å². The Morgan fingerprint density at radius 2 is 2.06 bits per heavy atom. The first-order valence-corrected chi connectivity index (χ1v) is 6.27. The number of hydrogen-bond donors (Lipinski definition) is 0. The van der Waals surface area contributed by atoms with Crippen LogP contribution in [0, 0.1) is 11.3 Å². The summed E-state index contributed by atoms with van der Waals surface area (Å²) in [7, 11) is -3.61. The average molecular weight is 238 g/mol. The average Bonchev–Trinajstić information content (AvgIpc) is 2.24. The van der Waals surface area contributed by atoms with Crippen molar-refractivity contribution in [2.24, 2.45) is 5.16 Å². The Morgan fingerprint density at radius 1 is 1.44 bits per heavy atom. The van der Waals surface area contributed by atoms with Crippen LogP contribution in [0.15, 0.2) is 35.5 Å². The lowest BCUT2D eigenvalue weighted by Gasteiger charge is -1.99. The molecule has 0 radical (unpaired) electrons. The number of nitriles is 1. The van der Waals surface area contributed by atoms with Crippen molar-refractivity contribution in [2.45, 2.75) is 6.61 Å². The number of oxime groups is 1. The molecular weight excluding hydrogens is 228 g/mol. The first-order chi connectivity index (χ1) is 7.54. The van der Waals surface area contributed by atoms with Gasteiger partial charge < -0.3 is 4.84 Å². The van der Waals surface area contributed by atoms with Crippen LogP contribution in [-0.4, -0.2) is 19.7 Å². The Balaban J connectivity index is 2.65. The molecule has 0 unspecified atom stereocenters. The molecule has 0 saturated heterocycles. The van der Waals surface area contributed by atoms with E-state index < -0.39 is 14.9 Å². The molecule has 0 spiro atoms. The molecule has 0 aliphatic heterocycles. The van der Waals surface area contributed by atoms with Crippen LogP contribution in [-0.2, 0) is 21.3 Å². The van der Waals surface area contributed by atoms with Crippen molar-refractivity contribution in [3.63, 3.8) is 0 Å². The van der Waals surface area contributed by atoms with E-state index in [4.69, 9.17) is 10.1 Å². The molecule has 0 atom stereocenters. The lowest BCUT2D eigenvalue weighted by molar-refractivity contribution is 0.131. The zero-order valence-electron chi connectivity index (χ0n) is 8.62. The van der Waals surface area contributed by atoms with E-state index in [1.807, 2.05) is 30.3 Å². The second-order valence-corrected chi connectivity index (χ2v) is 4.97. The molecule has 0 amide bonds. The lowest BCUT2D eigenvalue weighted by atomic mass is 10.2. The summed E-state index contributed by atoms with van der Waals surface area (Å²) >= 11 is 0. The van der Waals surface area contributed by atoms with E-state index in [9.17, 15) is 8.42 Å². The summed E-state index contributed by atoms with van der Waals surface area (Å²) < 4.78 is 21.9. The Kier molecular flexibility index (Phi) is 4.03. The van der Waals surface area contributed by atoms with Gasteiger partial charge in [-0.05, 0) is 5.56 Å². The third-order valence-corrected chi connectivity index (χ3v) is 2.54. The predicted molar refractivity (Wildman–Crippen MR) is 59.1 cm³/mol. The monoisotopic (exact) mass is 238 g/mol. The second-order valence-electron chi connectivity index (χ2n) is 3.04. The van der Waals surface area contributed by atoms with Crippen molar-refractivity contribution >= 4 is 14.9 Å². The van der Waals surface area contributed by atoms with Crippen molar-refractivity contribution in [3.05, 3.63) is 35.9 Å². The third-order valence-electron chi connectivity index (χ3n) is 1.67. The smallest absolute Gasteiger partial charge is 0.270 e. The second kappa shape index (κ2) is 5.28. The van der Waals surface area contributed by atoms with E-state index in [2.05, 4.69) is 5.16 Å². The first kappa shape index (κ1) is 12.2. The largest absolute Gasteiger partial charge is 0.389 e. The number of rotatable bonds is 3. The Hall–Kier alpha value is -1.87. The van der Waals surface area contributed by atoms with Gasteiger partial charge in [0.05, 0.1) is 0 Å². The fraction of sp³-hybridized carbons (Fsp3) is 0.200. The Labute approximate surface area is 93.9 Å². The lowest BCUT2D eigenvalue weighted by Crippen LogP contribution is -2.10. The van der Waals surface area contributed by atoms with Gasteiger partial charge >= 0.3 is 0 Å². The molecule has 0 aromatic heterocycles. The highest BCUT2D eigenvalue weighted by molar-refractivity contribution is 8.06. The van der Waals surface area contributed by atoms with Gasteiger partial charge in [-0.1, -0.05) is 35.5 Å². The van der Waals surface area contributed by atoms with E-state index in [0.717, 1.165) is 11.8 Å². The van der Waals surface area contributed by atoms with E-state index in [-0.39, 0.29) is 6.61 Å². The summed E-state index contributed by atoms with van der Waals surface area (Å²) in [6.45, 7) is 0.127. The third kappa shape index (κ3) is 3.71. The standard InChI is InChI=1S/C10H10N2O3S/c1-16(13,14)10(7-11)12-15-8-9-5-3-2-4-6-9/h2-6H,8H2,1H3/b12-10+. The molecule has 1 aromatic rings. The summed E-state index contributed by atoms with van der Waals surface area (Å²) in [6, 6.07) is 10.6. The quantitative estimate of drug-likeness (QED) is 0.448. The highest BCUT2D eigenvalue weighted by atomic mass is 32.2. The molecule has 0 saturated carbocycles. The minimum absolute atomic E-state index is 0.127. The van der Waals surface area contributed by atoms with Crippen molar-refractivity contribution in [1.29, 1.82) is 5.26 Å². The van der Waals surface area contributed by atoms with Gasteiger partial charge in [0.1, 0.15) is 12.7 Å². The zero-order valence-corrected chi connectivity index (χ0v) is 9.44. The number of nitrogens with zero attached hydrogens (tertiary/aromatic N) is 2. The van der Waals surface area contributed by atoms with Crippen molar-refractivity contribution in [3.8, 4) is 6.07 Å². The fourth-order valence-electron chi connectivity index (χ4n) is 0.911. The van der Waals surface area contributed by atoms with E-state index in [1.165, 1.54) is 6.07 Å². The highest BCUT2D eigenvalue weighted by Crippen LogP contribution is 2.01. The summed E-state index contributed by atoms with van der Waals surface area (Å²) in [5.74, 6) is 0. The van der Waals surface area contributed by atoms with E-state index in [1.54, 1.807) is 0 Å². The molecule has 1 aromatic carbocycles. The number of hydrogen-bond acceptors (Lipinski definition) is 5. The van der Waals surface area contributed by atoms with Gasteiger partial charge in [-0.25, -0.2) is 8.42 Å². The maximum absolute atomic E-state index is 11.0. The van der Waals surface area contributed by atoms with Gasteiger partial charge in [0.25, 0.3) is 5.04 Å². The van der Waals surface area contributed by atoms with Gasteiger partial charge in [-0.15, -0.1) is 0 Å². The summed E-state index contributed by atoms with van der Waals surface area (Å²) in [4.78, 5) is 4.79. The molecule has 0 fully saturated rings. The normalized spacial score (nSPS) is 11.9. The molecule has 5 nitrogen and oxygen atoms in total. The van der Waals surface area contributed by atoms with Gasteiger partial charge in [-0.3, -0.25) is 0 Å². The predicted octanol–water partition coefficient (Wildman–Crippen LogP) is 1.08. The first-order valence-electron chi connectivity index (χ1n) is 4.38. The number of sulfone groups is 1. The fourth-order valence-corrected chi connectivity index (χ4v) is 1.26. The SMILES string of the molecule is CS(=O)(=O)/C(C#N)=N/OCc1ccccc1. The molecule has 0 N–H and O–H groups in total.